The second kappa shape index (κ2) is 8.50. The molecule has 136 valence electrons. The summed E-state index contributed by atoms with van der Waals surface area (Å²) in [5.74, 6) is 1.39. The van der Waals surface area contributed by atoms with Crippen molar-refractivity contribution in [2.45, 2.75) is 32.6 Å². The van der Waals surface area contributed by atoms with Crippen molar-refractivity contribution in [2.24, 2.45) is 4.99 Å². The van der Waals surface area contributed by atoms with Gasteiger partial charge in [0.25, 0.3) is 0 Å². The number of nitrogens with one attached hydrogen (secondary N) is 2. The first-order valence-electron chi connectivity index (χ1n) is 7.91. The van der Waals surface area contributed by atoms with E-state index in [0.29, 0.717) is 25.5 Å². The molecule has 0 saturated carbocycles. The van der Waals surface area contributed by atoms with Gasteiger partial charge in [0, 0.05) is 20.1 Å². The lowest BCUT2D eigenvalue weighted by atomic mass is 10.1. The van der Waals surface area contributed by atoms with Crippen LogP contribution in [0.2, 0.25) is 0 Å². The Morgan fingerprint density at radius 1 is 1.20 bits per heavy atom. The molecular formula is C16H21F3N6. The van der Waals surface area contributed by atoms with Crippen molar-refractivity contribution in [1.29, 1.82) is 0 Å². The fraction of sp³-hybridized carbons (Fsp3) is 0.438. The van der Waals surface area contributed by atoms with Crippen LogP contribution < -0.4 is 10.6 Å². The number of aliphatic imine (C=N–C) groups is 1. The van der Waals surface area contributed by atoms with E-state index in [1.165, 1.54) is 12.1 Å². The monoisotopic (exact) mass is 354 g/mol. The third-order valence-electron chi connectivity index (χ3n) is 3.66. The summed E-state index contributed by atoms with van der Waals surface area (Å²) in [5.41, 5.74) is 0.184. The molecule has 0 spiro atoms. The second-order valence-corrected chi connectivity index (χ2v) is 5.33. The number of aryl methyl sites for hydroxylation is 1. The van der Waals surface area contributed by atoms with Crippen molar-refractivity contribution in [2.75, 3.05) is 13.6 Å². The Hall–Kier alpha value is -2.58. The van der Waals surface area contributed by atoms with Crippen molar-refractivity contribution < 1.29 is 13.2 Å². The van der Waals surface area contributed by atoms with Crippen LogP contribution in [0.4, 0.5) is 13.2 Å². The first-order valence-corrected chi connectivity index (χ1v) is 7.91. The van der Waals surface area contributed by atoms with Crippen LogP contribution >= 0.6 is 0 Å². The predicted octanol–water partition coefficient (Wildman–Crippen LogP) is 2.22. The van der Waals surface area contributed by atoms with E-state index in [0.717, 1.165) is 30.1 Å². The number of hydrogen-bond acceptors (Lipinski definition) is 3. The van der Waals surface area contributed by atoms with Crippen molar-refractivity contribution in [3.63, 3.8) is 0 Å². The standard InChI is InChI=1S/C16H21F3N6/c1-3-25-11-23-24-14(25)10-22-15(20-2)21-9-8-12-4-6-13(7-5-12)16(17,18)19/h4-7,11H,3,8-10H2,1-2H3,(H2,20,21,22). The maximum atomic E-state index is 12.5. The first-order chi connectivity index (χ1) is 11.9. The number of nitrogens with zero attached hydrogens (tertiary/aromatic N) is 4. The lowest BCUT2D eigenvalue weighted by Gasteiger charge is -2.12. The molecule has 1 aromatic carbocycles. The highest BCUT2D eigenvalue weighted by atomic mass is 19.4. The van der Waals surface area contributed by atoms with Crippen LogP contribution in [0.3, 0.4) is 0 Å². The van der Waals surface area contributed by atoms with Crippen molar-refractivity contribution in [3.05, 3.63) is 47.5 Å². The molecule has 0 atom stereocenters. The minimum atomic E-state index is -4.30. The summed E-state index contributed by atoms with van der Waals surface area (Å²) in [6.07, 6.45) is -2.05. The van der Waals surface area contributed by atoms with Crippen LogP contribution in [0.25, 0.3) is 0 Å². The molecule has 0 bridgehead atoms. The van der Waals surface area contributed by atoms with Crippen molar-refractivity contribution in [1.82, 2.24) is 25.4 Å². The van der Waals surface area contributed by atoms with E-state index in [-0.39, 0.29) is 0 Å². The van der Waals surface area contributed by atoms with E-state index in [1.807, 2.05) is 11.5 Å². The molecule has 0 fully saturated rings. The van der Waals surface area contributed by atoms with Gasteiger partial charge in [-0.2, -0.15) is 13.2 Å². The first kappa shape index (κ1) is 18.8. The Bertz CT molecular complexity index is 691. The van der Waals surface area contributed by atoms with Crippen LogP contribution in [0.5, 0.6) is 0 Å². The molecule has 1 aromatic heterocycles. The Balaban J connectivity index is 1.79. The van der Waals surface area contributed by atoms with E-state index in [4.69, 9.17) is 0 Å². The summed E-state index contributed by atoms with van der Waals surface area (Å²) < 4.78 is 39.5. The number of benzene rings is 1. The molecule has 0 saturated heterocycles. The third kappa shape index (κ3) is 5.47. The molecule has 0 aliphatic carbocycles. The summed E-state index contributed by atoms with van der Waals surface area (Å²) in [6.45, 7) is 3.81. The minimum absolute atomic E-state index is 0.480. The molecule has 2 N–H and O–H groups in total. The Kier molecular flexibility index (Phi) is 6.37. The number of aromatic nitrogens is 3. The van der Waals surface area contributed by atoms with Crippen LogP contribution in [0.15, 0.2) is 35.6 Å². The van der Waals surface area contributed by atoms with Crippen LogP contribution in [-0.4, -0.2) is 34.3 Å². The maximum Gasteiger partial charge on any atom is 0.416 e. The van der Waals surface area contributed by atoms with Gasteiger partial charge in [-0.25, -0.2) is 0 Å². The predicted molar refractivity (Wildman–Crippen MR) is 89.0 cm³/mol. The summed E-state index contributed by atoms with van der Waals surface area (Å²) in [7, 11) is 1.65. The lowest BCUT2D eigenvalue weighted by Crippen LogP contribution is -2.38. The molecule has 9 heteroatoms. The molecule has 0 amide bonds. The largest absolute Gasteiger partial charge is 0.416 e. The van der Waals surface area contributed by atoms with Gasteiger partial charge in [-0.3, -0.25) is 4.99 Å². The zero-order valence-electron chi connectivity index (χ0n) is 14.1. The molecule has 25 heavy (non-hydrogen) atoms. The Morgan fingerprint density at radius 3 is 2.52 bits per heavy atom. The van der Waals surface area contributed by atoms with Crippen molar-refractivity contribution >= 4 is 5.96 Å². The smallest absolute Gasteiger partial charge is 0.356 e. The summed E-state index contributed by atoms with van der Waals surface area (Å²) in [5, 5.41) is 14.1. The SMILES string of the molecule is CCn1cnnc1CNC(=NC)NCCc1ccc(C(F)(F)F)cc1. The van der Waals surface area contributed by atoms with Gasteiger partial charge >= 0.3 is 6.18 Å². The third-order valence-corrected chi connectivity index (χ3v) is 3.66. The van der Waals surface area contributed by atoms with Gasteiger partial charge < -0.3 is 15.2 Å². The number of alkyl halides is 3. The number of halogens is 3. The molecule has 0 unspecified atom stereocenters. The molecule has 1 heterocycles. The van der Waals surface area contributed by atoms with Crippen molar-refractivity contribution in [3.8, 4) is 0 Å². The van der Waals surface area contributed by atoms with Gasteiger partial charge in [-0.1, -0.05) is 12.1 Å². The molecule has 2 rings (SSSR count). The fourth-order valence-electron chi connectivity index (χ4n) is 2.25. The topological polar surface area (TPSA) is 67.1 Å². The molecule has 0 aliphatic heterocycles. The average molecular weight is 354 g/mol. The molecule has 0 aliphatic rings. The normalized spacial score (nSPS) is 12.3. The summed E-state index contributed by atoms with van der Waals surface area (Å²) in [6, 6.07) is 5.18. The van der Waals surface area contributed by atoms with Gasteiger partial charge in [0.1, 0.15) is 6.33 Å². The average Bonchev–Trinajstić information content (AvgIpc) is 3.05. The van der Waals surface area contributed by atoms with Gasteiger partial charge in [0.2, 0.25) is 0 Å². The summed E-state index contributed by atoms with van der Waals surface area (Å²) in [4.78, 5) is 4.11. The van der Waals surface area contributed by atoms with Gasteiger partial charge in [-0.05, 0) is 31.0 Å². The Labute approximate surface area is 144 Å². The number of rotatable bonds is 6. The highest BCUT2D eigenvalue weighted by Gasteiger charge is 2.29. The Morgan fingerprint density at radius 2 is 1.92 bits per heavy atom. The van der Waals surface area contributed by atoms with E-state index in [2.05, 4.69) is 25.8 Å². The van der Waals surface area contributed by atoms with Gasteiger partial charge in [0.05, 0.1) is 12.1 Å². The molecule has 2 aromatic rings. The zero-order chi connectivity index (χ0) is 18.3. The maximum absolute atomic E-state index is 12.5. The second-order valence-electron chi connectivity index (χ2n) is 5.33. The van der Waals surface area contributed by atoms with Crippen LogP contribution in [0, 0.1) is 0 Å². The number of guanidine groups is 1. The van der Waals surface area contributed by atoms with E-state index >= 15 is 0 Å². The van der Waals surface area contributed by atoms with Crippen LogP contribution in [-0.2, 0) is 25.7 Å². The van der Waals surface area contributed by atoms with Gasteiger partial charge in [-0.15, -0.1) is 10.2 Å². The number of hydrogen-bond donors (Lipinski definition) is 2. The highest BCUT2D eigenvalue weighted by Crippen LogP contribution is 2.29. The van der Waals surface area contributed by atoms with E-state index in [1.54, 1.807) is 13.4 Å². The zero-order valence-corrected chi connectivity index (χ0v) is 14.1. The van der Waals surface area contributed by atoms with E-state index < -0.39 is 11.7 Å². The fourth-order valence-corrected chi connectivity index (χ4v) is 2.25. The lowest BCUT2D eigenvalue weighted by molar-refractivity contribution is -0.137. The van der Waals surface area contributed by atoms with Crippen LogP contribution in [0.1, 0.15) is 23.9 Å². The summed E-state index contributed by atoms with van der Waals surface area (Å²) >= 11 is 0. The molecule has 0 radical (unpaired) electrons. The minimum Gasteiger partial charge on any atom is -0.356 e. The quantitative estimate of drug-likeness (QED) is 0.617. The molecule has 6 nitrogen and oxygen atoms in total. The molecular weight excluding hydrogens is 333 g/mol. The van der Waals surface area contributed by atoms with Gasteiger partial charge in [0.15, 0.2) is 11.8 Å². The van der Waals surface area contributed by atoms with E-state index in [9.17, 15) is 13.2 Å². The highest BCUT2D eigenvalue weighted by molar-refractivity contribution is 5.79.